The molecule has 1 aromatic rings. The highest BCUT2D eigenvalue weighted by Crippen LogP contribution is 2.40. The van der Waals surface area contributed by atoms with Gasteiger partial charge in [0.2, 0.25) is 0 Å². The van der Waals surface area contributed by atoms with Crippen LogP contribution in [-0.2, 0) is 14.9 Å². The second kappa shape index (κ2) is 6.47. The molecule has 21 heavy (non-hydrogen) atoms. The van der Waals surface area contributed by atoms with Crippen molar-refractivity contribution < 1.29 is 19.1 Å². The molecule has 0 atom stereocenters. The van der Waals surface area contributed by atoms with Crippen molar-refractivity contribution >= 4 is 28.3 Å². The Labute approximate surface area is 129 Å². The third kappa shape index (κ3) is 3.97. The molecule has 0 aliphatic rings. The maximum Gasteiger partial charge on any atom is 0.348 e. The van der Waals surface area contributed by atoms with Gasteiger partial charge in [-0.2, -0.15) is 0 Å². The molecule has 0 aliphatic heterocycles. The summed E-state index contributed by atoms with van der Waals surface area (Å²) in [6, 6.07) is 0. The Kier molecular flexibility index (Phi) is 5.39. The Hall–Kier alpha value is -1.56. The molecule has 0 spiro atoms. The Morgan fingerprint density at radius 3 is 2.24 bits per heavy atom. The van der Waals surface area contributed by atoms with E-state index >= 15 is 0 Å². The lowest BCUT2D eigenvalue weighted by Gasteiger charge is -2.21. The summed E-state index contributed by atoms with van der Waals surface area (Å²) in [5.74, 6) is -0.957. The number of thiophene rings is 1. The van der Waals surface area contributed by atoms with E-state index in [-0.39, 0.29) is 23.3 Å². The predicted octanol–water partition coefficient (Wildman–Crippen LogP) is 3.37. The van der Waals surface area contributed by atoms with E-state index in [1.54, 1.807) is 20.8 Å². The van der Waals surface area contributed by atoms with Gasteiger partial charge in [-0.25, -0.2) is 9.59 Å². The molecule has 6 heteroatoms. The number of esters is 2. The fourth-order valence-corrected chi connectivity index (χ4v) is 3.14. The topological polar surface area (TPSA) is 78.6 Å². The molecule has 0 fully saturated rings. The van der Waals surface area contributed by atoms with Crippen LogP contribution >= 0.6 is 11.3 Å². The summed E-state index contributed by atoms with van der Waals surface area (Å²) in [6.45, 7) is 11.3. The van der Waals surface area contributed by atoms with E-state index < -0.39 is 17.4 Å². The largest absolute Gasteiger partial charge is 0.462 e. The van der Waals surface area contributed by atoms with Gasteiger partial charge in [-0.05, 0) is 31.7 Å². The standard InChI is InChI=1S/C15H23NO4S/c1-7-19-14(18)11-10(15(4,5)6)9(12(16)21-11)13(17)20-8(2)3/h8H,7,16H2,1-6H3. The number of carbonyl (C=O) groups is 2. The zero-order valence-electron chi connectivity index (χ0n) is 13.4. The molecule has 2 N–H and O–H groups in total. The molecule has 0 aliphatic carbocycles. The Balaban J connectivity index is 3.44. The molecule has 0 saturated carbocycles. The summed E-state index contributed by atoms with van der Waals surface area (Å²) in [4.78, 5) is 24.8. The number of carbonyl (C=O) groups excluding carboxylic acids is 2. The second-order valence-electron chi connectivity index (χ2n) is 5.97. The molecule has 0 unspecified atom stereocenters. The van der Waals surface area contributed by atoms with Crippen molar-refractivity contribution in [1.82, 2.24) is 0 Å². The number of ether oxygens (including phenoxy) is 2. The van der Waals surface area contributed by atoms with Crippen molar-refractivity contribution in [2.24, 2.45) is 0 Å². The minimum atomic E-state index is -0.501. The highest BCUT2D eigenvalue weighted by molar-refractivity contribution is 7.18. The minimum Gasteiger partial charge on any atom is -0.462 e. The van der Waals surface area contributed by atoms with Crippen LogP contribution in [0.5, 0.6) is 0 Å². The zero-order chi connectivity index (χ0) is 16.4. The molecule has 1 rings (SSSR count). The van der Waals surface area contributed by atoms with Crippen LogP contribution < -0.4 is 5.73 Å². The molecular formula is C15H23NO4S. The quantitative estimate of drug-likeness (QED) is 0.862. The monoisotopic (exact) mass is 313 g/mol. The van der Waals surface area contributed by atoms with Crippen LogP contribution in [0.25, 0.3) is 0 Å². The minimum absolute atomic E-state index is 0.254. The van der Waals surface area contributed by atoms with Crippen LogP contribution in [0.3, 0.4) is 0 Å². The lowest BCUT2D eigenvalue weighted by atomic mass is 9.84. The molecule has 1 heterocycles. The van der Waals surface area contributed by atoms with E-state index in [1.165, 1.54) is 0 Å². The van der Waals surface area contributed by atoms with Gasteiger partial charge in [0.1, 0.15) is 9.88 Å². The van der Waals surface area contributed by atoms with Crippen LogP contribution in [-0.4, -0.2) is 24.6 Å². The lowest BCUT2D eigenvalue weighted by molar-refractivity contribution is 0.0377. The molecule has 5 nitrogen and oxygen atoms in total. The van der Waals surface area contributed by atoms with Crippen molar-refractivity contribution in [2.75, 3.05) is 12.3 Å². The van der Waals surface area contributed by atoms with E-state index in [2.05, 4.69) is 0 Å². The highest BCUT2D eigenvalue weighted by Gasteiger charge is 2.34. The third-order valence-corrected chi connectivity index (χ3v) is 3.69. The van der Waals surface area contributed by atoms with E-state index in [0.717, 1.165) is 11.3 Å². The van der Waals surface area contributed by atoms with Crippen molar-refractivity contribution in [3.8, 4) is 0 Å². The second-order valence-corrected chi connectivity index (χ2v) is 7.02. The first-order chi connectivity index (χ1) is 9.59. The lowest BCUT2D eigenvalue weighted by Crippen LogP contribution is -2.22. The fourth-order valence-electron chi connectivity index (χ4n) is 1.98. The third-order valence-electron chi connectivity index (χ3n) is 2.69. The number of rotatable bonds is 4. The van der Waals surface area contributed by atoms with Crippen LogP contribution in [0.1, 0.15) is 67.1 Å². The van der Waals surface area contributed by atoms with Crippen molar-refractivity contribution in [1.29, 1.82) is 0 Å². The smallest absolute Gasteiger partial charge is 0.348 e. The van der Waals surface area contributed by atoms with Gasteiger partial charge in [0.15, 0.2) is 0 Å². The molecule has 0 radical (unpaired) electrons. The fraction of sp³-hybridized carbons (Fsp3) is 0.600. The average Bonchev–Trinajstić information content (AvgIpc) is 2.66. The van der Waals surface area contributed by atoms with Crippen LogP contribution in [0, 0.1) is 0 Å². The summed E-state index contributed by atoms with van der Waals surface area (Å²) >= 11 is 1.07. The van der Waals surface area contributed by atoms with Gasteiger partial charge in [-0.3, -0.25) is 0 Å². The van der Waals surface area contributed by atoms with Gasteiger partial charge in [0.25, 0.3) is 0 Å². The SMILES string of the molecule is CCOC(=O)c1sc(N)c(C(=O)OC(C)C)c1C(C)(C)C. The average molecular weight is 313 g/mol. The molecule has 0 bridgehead atoms. The van der Waals surface area contributed by atoms with Crippen molar-refractivity contribution in [3.63, 3.8) is 0 Å². The predicted molar refractivity (Wildman–Crippen MR) is 83.9 cm³/mol. The maximum absolute atomic E-state index is 12.3. The summed E-state index contributed by atoms with van der Waals surface area (Å²) < 4.78 is 10.3. The first-order valence-electron chi connectivity index (χ1n) is 6.90. The van der Waals surface area contributed by atoms with Gasteiger partial charge < -0.3 is 15.2 Å². The van der Waals surface area contributed by atoms with Crippen LogP contribution in [0.2, 0.25) is 0 Å². The van der Waals surface area contributed by atoms with Crippen LogP contribution in [0.4, 0.5) is 5.00 Å². The molecule has 118 valence electrons. The number of nitrogens with two attached hydrogens (primary N) is 1. The number of anilines is 1. The zero-order valence-corrected chi connectivity index (χ0v) is 14.2. The van der Waals surface area contributed by atoms with Gasteiger partial charge in [-0.15, -0.1) is 11.3 Å². The summed E-state index contributed by atoms with van der Waals surface area (Å²) in [7, 11) is 0. The molecule has 0 aromatic carbocycles. The highest BCUT2D eigenvalue weighted by atomic mass is 32.1. The molecular weight excluding hydrogens is 290 g/mol. The summed E-state index contributed by atoms with van der Waals surface area (Å²) in [5, 5.41) is 0.286. The maximum atomic E-state index is 12.3. The van der Waals surface area contributed by atoms with E-state index in [0.29, 0.717) is 10.4 Å². The van der Waals surface area contributed by atoms with E-state index in [4.69, 9.17) is 15.2 Å². The summed E-state index contributed by atoms with van der Waals surface area (Å²) in [6.07, 6.45) is -0.254. The Bertz CT molecular complexity index is 541. The van der Waals surface area contributed by atoms with Gasteiger partial charge in [0, 0.05) is 0 Å². The first kappa shape index (κ1) is 17.5. The van der Waals surface area contributed by atoms with Crippen molar-refractivity contribution in [2.45, 2.75) is 53.1 Å². The van der Waals surface area contributed by atoms with Crippen molar-refractivity contribution in [3.05, 3.63) is 16.0 Å². The van der Waals surface area contributed by atoms with Gasteiger partial charge in [-0.1, -0.05) is 20.8 Å². The first-order valence-corrected chi connectivity index (χ1v) is 7.72. The number of nitrogen functional groups attached to an aromatic ring is 1. The Morgan fingerprint density at radius 1 is 1.24 bits per heavy atom. The van der Waals surface area contributed by atoms with Gasteiger partial charge in [0.05, 0.1) is 18.3 Å². The molecule has 0 amide bonds. The normalized spacial score (nSPS) is 11.6. The Morgan fingerprint density at radius 2 is 1.81 bits per heavy atom. The van der Waals surface area contributed by atoms with Crippen LogP contribution in [0.15, 0.2) is 0 Å². The molecule has 0 saturated heterocycles. The van der Waals surface area contributed by atoms with Gasteiger partial charge >= 0.3 is 11.9 Å². The molecule has 1 aromatic heterocycles. The summed E-state index contributed by atoms with van der Waals surface area (Å²) in [5.41, 5.74) is 6.40. The van der Waals surface area contributed by atoms with E-state index in [9.17, 15) is 9.59 Å². The number of hydrogen-bond acceptors (Lipinski definition) is 6. The van der Waals surface area contributed by atoms with E-state index in [1.807, 2.05) is 20.8 Å². The number of hydrogen-bond donors (Lipinski definition) is 1.